The van der Waals surface area contributed by atoms with E-state index in [4.69, 9.17) is 16.3 Å². The van der Waals surface area contributed by atoms with E-state index in [1.807, 2.05) is 0 Å². The number of benzene rings is 2. The molecule has 0 bridgehead atoms. The van der Waals surface area contributed by atoms with Crippen LogP contribution in [0, 0.1) is 5.82 Å². The molecule has 0 radical (unpaired) electrons. The number of carbonyl (C=O) groups is 1. The number of phenols is 1. The number of amides is 1. The normalized spacial score (nSPS) is 17.0. The molecule has 2 aromatic carbocycles. The van der Waals surface area contributed by atoms with E-state index in [1.165, 1.54) is 24.3 Å². The van der Waals surface area contributed by atoms with Crippen LogP contribution in [0.15, 0.2) is 33.6 Å². The van der Waals surface area contributed by atoms with Gasteiger partial charge >= 0.3 is 0 Å². The molecule has 1 saturated heterocycles. The fourth-order valence-electron chi connectivity index (χ4n) is 3.94. The number of rotatable bonds is 8. The Balaban J connectivity index is 1.57. The lowest BCUT2D eigenvalue weighted by atomic mass is 10.0. The number of hydrogen-bond acceptors (Lipinski definition) is 6. The number of ether oxygens (including phenoxy) is 1. The second-order valence-corrected chi connectivity index (χ2v) is 11.8. The summed E-state index contributed by atoms with van der Waals surface area (Å²) in [5.74, 6) is -2.59. The summed E-state index contributed by atoms with van der Waals surface area (Å²) in [4.78, 5) is 14.6. The summed E-state index contributed by atoms with van der Waals surface area (Å²) in [6.07, 6.45) is 1.80. The highest BCUT2D eigenvalue weighted by Gasteiger charge is 2.30. The van der Waals surface area contributed by atoms with Crippen molar-refractivity contribution in [2.75, 3.05) is 39.4 Å². The van der Waals surface area contributed by atoms with Gasteiger partial charge in [-0.1, -0.05) is 33.6 Å². The van der Waals surface area contributed by atoms with Gasteiger partial charge < -0.3 is 15.2 Å². The highest BCUT2D eigenvalue weighted by molar-refractivity contribution is 9.10. The Morgan fingerprint density at radius 2 is 1.94 bits per heavy atom. The first-order valence-corrected chi connectivity index (χ1v) is 13.8. The van der Waals surface area contributed by atoms with Crippen LogP contribution in [0.2, 0.25) is 5.02 Å². The lowest BCUT2D eigenvalue weighted by Crippen LogP contribution is -2.41. The Hall–Kier alpha value is -1.72. The maximum absolute atomic E-state index is 15.4. The van der Waals surface area contributed by atoms with Crippen molar-refractivity contribution >= 4 is 43.3 Å². The van der Waals surface area contributed by atoms with Crippen molar-refractivity contribution in [1.29, 1.82) is 0 Å². The van der Waals surface area contributed by atoms with Crippen LogP contribution >= 0.6 is 27.5 Å². The van der Waals surface area contributed by atoms with Gasteiger partial charge in [0.2, 0.25) is 0 Å². The first-order chi connectivity index (χ1) is 16.2. The summed E-state index contributed by atoms with van der Waals surface area (Å²) in [6.45, 7) is 3.78. The average molecular weight is 576 g/mol. The summed E-state index contributed by atoms with van der Waals surface area (Å²) in [5.41, 5.74) is 0.452. The number of nitrogens with one attached hydrogen (secondary N) is 1. The van der Waals surface area contributed by atoms with Gasteiger partial charge in [-0.15, -0.1) is 0 Å². The number of nitrogens with zero attached hydrogens (tertiary/aromatic N) is 1. The predicted molar refractivity (Wildman–Crippen MR) is 130 cm³/mol. The van der Waals surface area contributed by atoms with Gasteiger partial charge in [0, 0.05) is 36.2 Å². The largest absolute Gasteiger partial charge is 0.505 e. The molecule has 0 spiro atoms. The summed E-state index contributed by atoms with van der Waals surface area (Å²) in [5, 5.41) is 12.8. The lowest BCUT2D eigenvalue weighted by molar-refractivity contribution is 0.0383. The minimum absolute atomic E-state index is 0.113. The average Bonchev–Trinajstić information content (AvgIpc) is 3.63. The molecule has 2 aliphatic rings. The number of morpholine rings is 1. The van der Waals surface area contributed by atoms with Crippen LogP contribution in [0.5, 0.6) is 5.75 Å². The second-order valence-electron chi connectivity index (χ2n) is 8.52. The van der Waals surface area contributed by atoms with Crippen molar-refractivity contribution in [3.63, 3.8) is 0 Å². The molecular formula is C23H25BrClFN2O5S. The Bertz CT molecular complexity index is 1200. The van der Waals surface area contributed by atoms with E-state index < -0.39 is 38.0 Å². The first kappa shape index (κ1) is 25.4. The molecule has 1 aliphatic heterocycles. The van der Waals surface area contributed by atoms with Gasteiger partial charge in [-0.25, -0.2) is 12.8 Å². The zero-order chi connectivity index (χ0) is 24.5. The van der Waals surface area contributed by atoms with E-state index in [1.54, 1.807) is 0 Å². The second kappa shape index (κ2) is 10.5. The zero-order valence-electron chi connectivity index (χ0n) is 18.3. The molecule has 2 aromatic rings. The van der Waals surface area contributed by atoms with Crippen LogP contribution in [0.1, 0.15) is 40.2 Å². The molecule has 2 N–H and O–H groups in total. The van der Waals surface area contributed by atoms with Gasteiger partial charge in [-0.2, -0.15) is 0 Å². The van der Waals surface area contributed by atoms with Crippen LogP contribution in [0.4, 0.5) is 4.39 Å². The Morgan fingerprint density at radius 1 is 1.24 bits per heavy atom. The molecular weight excluding hydrogens is 551 g/mol. The molecule has 1 amide bonds. The zero-order valence-corrected chi connectivity index (χ0v) is 21.5. The molecule has 0 atom stereocenters. The van der Waals surface area contributed by atoms with Crippen LogP contribution in [-0.2, 0) is 20.3 Å². The van der Waals surface area contributed by atoms with Crippen LogP contribution < -0.4 is 5.32 Å². The third kappa shape index (κ3) is 5.91. The molecule has 184 valence electrons. The highest BCUT2D eigenvalue weighted by atomic mass is 79.9. The number of aromatic hydroxyl groups is 1. The number of phenolic OH excluding ortho intramolecular Hbond substituents is 1. The molecule has 0 aromatic heterocycles. The fraction of sp³-hybridized carbons (Fsp3) is 0.435. The van der Waals surface area contributed by atoms with E-state index in [9.17, 15) is 18.3 Å². The van der Waals surface area contributed by atoms with E-state index in [2.05, 4.69) is 26.1 Å². The fourth-order valence-corrected chi connectivity index (χ4v) is 6.44. The summed E-state index contributed by atoms with van der Waals surface area (Å²) in [7, 11) is -4.16. The minimum Gasteiger partial charge on any atom is -0.505 e. The van der Waals surface area contributed by atoms with Gasteiger partial charge in [-0.3, -0.25) is 9.69 Å². The molecule has 4 rings (SSSR count). The van der Waals surface area contributed by atoms with Gasteiger partial charge in [0.1, 0.15) is 10.7 Å². The summed E-state index contributed by atoms with van der Waals surface area (Å²) < 4.78 is 47.3. The van der Waals surface area contributed by atoms with Gasteiger partial charge in [0.15, 0.2) is 15.6 Å². The Labute approximate surface area is 211 Å². The van der Waals surface area contributed by atoms with Crippen LogP contribution in [-0.4, -0.2) is 63.7 Å². The molecule has 0 unspecified atom stereocenters. The number of halogens is 3. The lowest BCUT2D eigenvalue weighted by Gasteiger charge is -2.26. The number of carbonyl (C=O) groups excluding carboxylic acids is 1. The van der Waals surface area contributed by atoms with Gasteiger partial charge in [0.25, 0.3) is 5.91 Å². The van der Waals surface area contributed by atoms with Gasteiger partial charge in [-0.05, 0) is 42.5 Å². The SMILES string of the molecule is O=C(NCCN1CCOCC1)c1cc(C2CC2)cc(CS(=O)(=O)c2cc(Br)cc(Cl)c2O)c1F. The van der Waals surface area contributed by atoms with Crippen LogP contribution in [0.25, 0.3) is 0 Å². The Morgan fingerprint density at radius 3 is 2.62 bits per heavy atom. The maximum atomic E-state index is 15.4. The van der Waals surface area contributed by atoms with E-state index in [0.717, 1.165) is 31.5 Å². The predicted octanol–water partition coefficient (Wildman–Crippen LogP) is 3.86. The molecule has 34 heavy (non-hydrogen) atoms. The van der Waals surface area contributed by atoms with Crippen molar-refractivity contribution in [1.82, 2.24) is 10.2 Å². The van der Waals surface area contributed by atoms with Crippen molar-refractivity contribution in [2.24, 2.45) is 0 Å². The molecule has 1 aliphatic carbocycles. The van der Waals surface area contributed by atoms with E-state index >= 15 is 4.39 Å². The maximum Gasteiger partial charge on any atom is 0.254 e. The monoisotopic (exact) mass is 574 g/mol. The summed E-state index contributed by atoms with van der Waals surface area (Å²) >= 11 is 9.09. The number of sulfone groups is 1. The standard InChI is InChI=1S/C23H25BrClFN2O5S/c24-17-11-19(25)22(29)20(12-17)34(31,32)13-16-9-15(14-1-2-14)10-18(21(16)26)23(30)27-3-4-28-5-7-33-8-6-28/h9-12,14,29H,1-8,13H2,(H,27,30). The van der Waals surface area contributed by atoms with Crippen molar-refractivity contribution in [3.8, 4) is 5.75 Å². The molecule has 1 heterocycles. The van der Waals surface area contributed by atoms with E-state index in [0.29, 0.717) is 30.8 Å². The molecule has 1 saturated carbocycles. The highest BCUT2D eigenvalue weighted by Crippen LogP contribution is 2.42. The molecule has 11 heteroatoms. The smallest absolute Gasteiger partial charge is 0.254 e. The third-order valence-corrected chi connectivity index (χ3v) is 8.37. The van der Waals surface area contributed by atoms with Crippen molar-refractivity contribution < 1.29 is 27.4 Å². The third-order valence-electron chi connectivity index (χ3n) is 5.95. The van der Waals surface area contributed by atoms with Gasteiger partial charge in [0.05, 0.1) is 29.6 Å². The van der Waals surface area contributed by atoms with Crippen molar-refractivity contribution in [2.45, 2.75) is 29.4 Å². The Kier molecular flexibility index (Phi) is 7.83. The summed E-state index contributed by atoms with van der Waals surface area (Å²) in [6, 6.07) is 5.61. The minimum atomic E-state index is -4.16. The van der Waals surface area contributed by atoms with E-state index in [-0.39, 0.29) is 22.1 Å². The first-order valence-electron chi connectivity index (χ1n) is 11.0. The molecule has 7 nitrogen and oxygen atoms in total. The topological polar surface area (TPSA) is 95.9 Å². The van der Waals surface area contributed by atoms with Crippen molar-refractivity contribution in [3.05, 3.63) is 56.3 Å². The van der Waals surface area contributed by atoms with Crippen LogP contribution in [0.3, 0.4) is 0 Å². The quantitative estimate of drug-likeness (QED) is 0.496. The molecule has 2 fully saturated rings. The number of hydrogen-bond donors (Lipinski definition) is 2.